The molecule has 0 bridgehead atoms. The van der Waals surface area contributed by atoms with Gasteiger partial charge >= 0.3 is 0 Å². The minimum atomic E-state index is -0.610. The van der Waals surface area contributed by atoms with E-state index in [9.17, 15) is 5.11 Å². The van der Waals surface area contributed by atoms with Crippen LogP contribution in [0.1, 0.15) is 26.2 Å². The average molecular weight is 186 g/mol. The Hall–Kier alpha value is -0.120. The summed E-state index contributed by atoms with van der Waals surface area (Å²) in [6.07, 6.45) is 2.94. The number of aliphatic hydroxyl groups is 1. The van der Waals surface area contributed by atoms with Crippen molar-refractivity contribution in [3.63, 3.8) is 0 Å². The Balaban J connectivity index is 2.51. The summed E-state index contributed by atoms with van der Waals surface area (Å²) in [4.78, 5) is 2.31. The molecule has 1 saturated heterocycles. The Morgan fingerprint density at radius 2 is 2.00 bits per heavy atom. The highest BCUT2D eigenvalue weighted by Gasteiger charge is 2.35. The van der Waals surface area contributed by atoms with Crippen molar-refractivity contribution in [3.8, 4) is 0 Å². The average Bonchev–Trinajstić information content (AvgIpc) is 2.18. The molecule has 3 heteroatoms. The van der Waals surface area contributed by atoms with Crippen LogP contribution in [0.15, 0.2) is 0 Å². The van der Waals surface area contributed by atoms with Crippen molar-refractivity contribution in [3.05, 3.63) is 0 Å². The topological polar surface area (TPSA) is 49.5 Å². The van der Waals surface area contributed by atoms with Gasteiger partial charge in [0.1, 0.15) is 0 Å². The molecule has 0 spiro atoms. The van der Waals surface area contributed by atoms with Gasteiger partial charge in [-0.1, -0.05) is 6.92 Å². The summed E-state index contributed by atoms with van der Waals surface area (Å²) in [5.74, 6) is 0.402. The summed E-state index contributed by atoms with van der Waals surface area (Å²) in [5.41, 5.74) is 5.01. The van der Waals surface area contributed by atoms with E-state index >= 15 is 0 Å². The second kappa shape index (κ2) is 4.40. The SMILES string of the molecule is CCC(O)(CN)C1CCN(C)CC1. The predicted octanol–water partition coefficient (Wildman–Crippen LogP) is 0.428. The molecule has 1 heterocycles. The second-order valence-corrected chi connectivity index (χ2v) is 4.24. The monoisotopic (exact) mass is 186 g/mol. The first-order valence-corrected chi connectivity index (χ1v) is 5.23. The fourth-order valence-electron chi connectivity index (χ4n) is 2.15. The van der Waals surface area contributed by atoms with Crippen LogP contribution in [0, 0.1) is 5.92 Å². The molecule has 78 valence electrons. The van der Waals surface area contributed by atoms with E-state index in [0.29, 0.717) is 12.5 Å². The zero-order valence-electron chi connectivity index (χ0n) is 8.79. The summed E-state index contributed by atoms with van der Waals surface area (Å²) >= 11 is 0. The minimum absolute atomic E-state index is 0.401. The molecule has 0 aliphatic carbocycles. The highest BCUT2D eigenvalue weighted by molar-refractivity contribution is 4.89. The van der Waals surface area contributed by atoms with Gasteiger partial charge in [0.15, 0.2) is 0 Å². The summed E-state index contributed by atoms with van der Waals surface area (Å²) in [7, 11) is 2.13. The van der Waals surface area contributed by atoms with Gasteiger partial charge in [-0.05, 0) is 45.3 Å². The molecule has 0 saturated carbocycles. The standard InChI is InChI=1S/C10H22N2O/c1-3-10(13,8-11)9-4-6-12(2)7-5-9/h9,13H,3-8,11H2,1-2H3. The Morgan fingerprint density at radius 1 is 1.46 bits per heavy atom. The normalized spacial score (nSPS) is 25.8. The largest absolute Gasteiger partial charge is 0.388 e. The molecule has 0 aromatic heterocycles. The summed E-state index contributed by atoms with van der Waals surface area (Å²) in [6, 6.07) is 0. The molecule has 1 aliphatic heterocycles. The molecule has 3 nitrogen and oxygen atoms in total. The van der Waals surface area contributed by atoms with Crippen LogP contribution >= 0.6 is 0 Å². The lowest BCUT2D eigenvalue weighted by Gasteiger charge is -2.39. The van der Waals surface area contributed by atoms with Crippen molar-refractivity contribution in [1.29, 1.82) is 0 Å². The second-order valence-electron chi connectivity index (χ2n) is 4.24. The van der Waals surface area contributed by atoms with Crippen molar-refractivity contribution in [2.45, 2.75) is 31.8 Å². The van der Waals surface area contributed by atoms with E-state index in [-0.39, 0.29) is 0 Å². The fourth-order valence-corrected chi connectivity index (χ4v) is 2.15. The van der Waals surface area contributed by atoms with Gasteiger partial charge in [-0.25, -0.2) is 0 Å². The van der Waals surface area contributed by atoms with Gasteiger partial charge < -0.3 is 15.7 Å². The number of likely N-dealkylation sites (tertiary alicyclic amines) is 1. The number of nitrogens with two attached hydrogens (primary N) is 1. The van der Waals surface area contributed by atoms with Gasteiger partial charge in [0.05, 0.1) is 5.60 Å². The molecule has 1 rings (SSSR count). The van der Waals surface area contributed by atoms with Crippen molar-refractivity contribution in [1.82, 2.24) is 4.90 Å². The van der Waals surface area contributed by atoms with Crippen LogP contribution in [0.2, 0.25) is 0 Å². The van der Waals surface area contributed by atoms with Crippen LogP contribution in [0.5, 0.6) is 0 Å². The van der Waals surface area contributed by atoms with Gasteiger partial charge in [0, 0.05) is 6.54 Å². The summed E-state index contributed by atoms with van der Waals surface area (Å²) < 4.78 is 0. The number of hydrogen-bond acceptors (Lipinski definition) is 3. The van der Waals surface area contributed by atoms with Gasteiger partial charge in [0.2, 0.25) is 0 Å². The summed E-state index contributed by atoms with van der Waals surface area (Å²) in [5, 5.41) is 10.2. The fraction of sp³-hybridized carbons (Fsp3) is 1.00. The quantitative estimate of drug-likeness (QED) is 0.672. The van der Waals surface area contributed by atoms with Crippen molar-refractivity contribution in [2.24, 2.45) is 11.7 Å². The van der Waals surface area contributed by atoms with Crippen LogP contribution in [0.4, 0.5) is 0 Å². The van der Waals surface area contributed by atoms with E-state index in [0.717, 1.165) is 32.4 Å². The van der Waals surface area contributed by atoms with Crippen LogP contribution in [0.25, 0.3) is 0 Å². The Bertz CT molecular complexity index is 149. The number of nitrogens with zero attached hydrogens (tertiary/aromatic N) is 1. The van der Waals surface area contributed by atoms with Crippen molar-refractivity contribution < 1.29 is 5.11 Å². The Morgan fingerprint density at radius 3 is 2.38 bits per heavy atom. The lowest BCUT2D eigenvalue weighted by molar-refractivity contribution is -0.0360. The first kappa shape index (κ1) is 11.0. The van der Waals surface area contributed by atoms with Crippen LogP contribution in [-0.2, 0) is 0 Å². The molecule has 3 N–H and O–H groups in total. The van der Waals surface area contributed by atoms with Gasteiger partial charge in [-0.2, -0.15) is 0 Å². The third-order valence-corrected chi connectivity index (χ3v) is 3.44. The maximum absolute atomic E-state index is 10.2. The van der Waals surface area contributed by atoms with E-state index in [1.54, 1.807) is 0 Å². The third kappa shape index (κ3) is 2.42. The summed E-state index contributed by atoms with van der Waals surface area (Å²) in [6.45, 7) is 4.60. The number of rotatable bonds is 3. The number of piperidine rings is 1. The van der Waals surface area contributed by atoms with Crippen LogP contribution in [0.3, 0.4) is 0 Å². The van der Waals surface area contributed by atoms with Crippen LogP contribution < -0.4 is 5.73 Å². The molecule has 1 atom stereocenters. The van der Waals surface area contributed by atoms with E-state index in [1.807, 2.05) is 6.92 Å². The third-order valence-electron chi connectivity index (χ3n) is 3.44. The zero-order valence-corrected chi connectivity index (χ0v) is 8.79. The lowest BCUT2D eigenvalue weighted by Crippen LogP contribution is -2.48. The van der Waals surface area contributed by atoms with Gasteiger partial charge in [0.25, 0.3) is 0 Å². The Kier molecular flexibility index (Phi) is 3.71. The van der Waals surface area contributed by atoms with Crippen LogP contribution in [-0.4, -0.2) is 42.3 Å². The van der Waals surface area contributed by atoms with Gasteiger partial charge in [-0.3, -0.25) is 0 Å². The maximum atomic E-state index is 10.2. The highest BCUT2D eigenvalue weighted by Crippen LogP contribution is 2.29. The van der Waals surface area contributed by atoms with Gasteiger partial charge in [-0.15, -0.1) is 0 Å². The molecule has 13 heavy (non-hydrogen) atoms. The molecule has 0 aromatic carbocycles. The minimum Gasteiger partial charge on any atom is -0.388 e. The van der Waals surface area contributed by atoms with Crippen molar-refractivity contribution in [2.75, 3.05) is 26.7 Å². The van der Waals surface area contributed by atoms with E-state index in [4.69, 9.17) is 5.73 Å². The first-order chi connectivity index (χ1) is 6.12. The maximum Gasteiger partial charge on any atom is 0.0795 e. The smallest absolute Gasteiger partial charge is 0.0795 e. The zero-order chi connectivity index (χ0) is 9.90. The highest BCUT2D eigenvalue weighted by atomic mass is 16.3. The molecule has 0 radical (unpaired) electrons. The molecule has 0 amide bonds. The molecular formula is C10H22N2O. The first-order valence-electron chi connectivity index (χ1n) is 5.23. The predicted molar refractivity (Wildman–Crippen MR) is 54.5 cm³/mol. The molecule has 0 aromatic rings. The van der Waals surface area contributed by atoms with E-state index in [2.05, 4.69) is 11.9 Å². The Labute approximate surface area is 80.9 Å². The van der Waals surface area contributed by atoms with E-state index in [1.165, 1.54) is 0 Å². The number of hydrogen-bond donors (Lipinski definition) is 2. The van der Waals surface area contributed by atoms with E-state index < -0.39 is 5.60 Å². The molecule has 1 unspecified atom stereocenters. The molecule has 1 fully saturated rings. The lowest BCUT2D eigenvalue weighted by atomic mass is 9.79. The molecule has 1 aliphatic rings. The van der Waals surface area contributed by atoms with Crippen molar-refractivity contribution >= 4 is 0 Å². The molecular weight excluding hydrogens is 164 g/mol.